The summed E-state index contributed by atoms with van der Waals surface area (Å²) in [5.41, 5.74) is 5.82. The number of hydrogen-bond donors (Lipinski definition) is 1. The van der Waals surface area contributed by atoms with Gasteiger partial charge in [-0.05, 0) is 31.4 Å². The maximum atomic E-state index is 12.4. The molecule has 2 atom stereocenters. The van der Waals surface area contributed by atoms with Crippen molar-refractivity contribution in [2.45, 2.75) is 24.3 Å². The van der Waals surface area contributed by atoms with Crippen LogP contribution in [0.3, 0.4) is 0 Å². The van der Waals surface area contributed by atoms with E-state index in [-0.39, 0.29) is 34.3 Å². The smallest absolute Gasteiger partial charge is 0.244 e. The maximum Gasteiger partial charge on any atom is 0.244 e. The molecule has 1 heterocycles. The fourth-order valence-electron chi connectivity index (χ4n) is 2.19. The average molecular weight is 325 g/mol. The zero-order chi connectivity index (χ0) is 13.3. The number of nitrogens with two attached hydrogens (primary N) is 1. The van der Waals surface area contributed by atoms with Crippen molar-refractivity contribution in [3.05, 3.63) is 29.3 Å². The highest BCUT2D eigenvalue weighted by Crippen LogP contribution is 2.29. The van der Waals surface area contributed by atoms with Gasteiger partial charge in [0.2, 0.25) is 10.0 Å². The van der Waals surface area contributed by atoms with Crippen LogP contribution in [0.15, 0.2) is 29.2 Å². The van der Waals surface area contributed by atoms with Crippen LogP contribution in [-0.2, 0) is 10.0 Å². The molecule has 2 N–H and O–H groups in total. The van der Waals surface area contributed by atoms with E-state index in [4.69, 9.17) is 17.3 Å². The van der Waals surface area contributed by atoms with Gasteiger partial charge in [0.05, 0.1) is 5.02 Å². The Morgan fingerprint density at radius 1 is 1.42 bits per heavy atom. The molecule has 0 aliphatic carbocycles. The van der Waals surface area contributed by atoms with Crippen LogP contribution in [0.1, 0.15) is 13.3 Å². The fourth-order valence-corrected chi connectivity index (χ4v) is 4.20. The third kappa shape index (κ3) is 3.41. The van der Waals surface area contributed by atoms with Gasteiger partial charge < -0.3 is 5.73 Å². The second kappa shape index (κ2) is 6.41. The van der Waals surface area contributed by atoms with E-state index in [0.29, 0.717) is 13.1 Å². The van der Waals surface area contributed by atoms with E-state index in [1.807, 2.05) is 6.92 Å². The van der Waals surface area contributed by atoms with Crippen LogP contribution in [0.2, 0.25) is 5.02 Å². The predicted octanol–water partition coefficient (Wildman–Crippen LogP) is 2.12. The van der Waals surface area contributed by atoms with Crippen molar-refractivity contribution in [2.75, 3.05) is 13.1 Å². The molecule has 1 saturated heterocycles. The van der Waals surface area contributed by atoms with Crippen LogP contribution in [0.5, 0.6) is 0 Å². The fraction of sp³-hybridized carbons (Fsp3) is 0.500. The van der Waals surface area contributed by atoms with Crippen molar-refractivity contribution >= 4 is 34.0 Å². The highest BCUT2D eigenvalue weighted by molar-refractivity contribution is 7.89. The van der Waals surface area contributed by atoms with Crippen LogP contribution in [0, 0.1) is 5.92 Å². The Balaban J connectivity index is 0.00000180. The third-order valence-electron chi connectivity index (χ3n) is 3.39. The number of sulfonamides is 1. The molecule has 108 valence electrons. The van der Waals surface area contributed by atoms with Gasteiger partial charge in [-0.15, -0.1) is 12.4 Å². The summed E-state index contributed by atoms with van der Waals surface area (Å²) in [4.78, 5) is 0.178. The molecule has 0 amide bonds. The lowest BCUT2D eigenvalue weighted by Gasteiger charge is -2.18. The SMILES string of the molecule is CC(N)C1CCN(S(=O)(=O)c2ccccc2Cl)C1.Cl. The lowest BCUT2D eigenvalue weighted by atomic mass is 10.0. The van der Waals surface area contributed by atoms with E-state index in [2.05, 4.69) is 0 Å². The summed E-state index contributed by atoms with van der Waals surface area (Å²) in [6.07, 6.45) is 0.807. The van der Waals surface area contributed by atoms with Crippen LogP contribution in [0.4, 0.5) is 0 Å². The van der Waals surface area contributed by atoms with Crippen LogP contribution >= 0.6 is 24.0 Å². The third-order valence-corrected chi connectivity index (χ3v) is 5.75. The molecule has 1 fully saturated rings. The Labute approximate surface area is 125 Å². The highest BCUT2D eigenvalue weighted by Gasteiger charge is 2.34. The largest absolute Gasteiger partial charge is 0.328 e. The molecular weight excluding hydrogens is 307 g/mol. The minimum absolute atomic E-state index is 0. The molecule has 2 unspecified atom stereocenters. The van der Waals surface area contributed by atoms with E-state index in [9.17, 15) is 8.42 Å². The van der Waals surface area contributed by atoms with Gasteiger partial charge in [-0.2, -0.15) is 4.31 Å². The summed E-state index contributed by atoms with van der Waals surface area (Å²) < 4.78 is 26.3. The van der Waals surface area contributed by atoms with Crippen molar-refractivity contribution in [2.24, 2.45) is 11.7 Å². The molecule has 1 aromatic carbocycles. The second-order valence-corrected chi connectivity index (χ2v) is 7.01. The number of benzene rings is 1. The molecule has 0 spiro atoms. The van der Waals surface area contributed by atoms with Crippen LogP contribution in [-0.4, -0.2) is 31.9 Å². The summed E-state index contributed by atoms with van der Waals surface area (Å²) in [7, 11) is -3.49. The first-order valence-electron chi connectivity index (χ1n) is 5.93. The van der Waals surface area contributed by atoms with E-state index >= 15 is 0 Å². The second-order valence-electron chi connectivity index (χ2n) is 4.70. The Morgan fingerprint density at radius 2 is 2.05 bits per heavy atom. The molecule has 0 aromatic heterocycles. The molecule has 0 radical (unpaired) electrons. The monoisotopic (exact) mass is 324 g/mol. The summed E-state index contributed by atoms with van der Waals surface area (Å²) in [6.45, 7) is 2.90. The molecule has 19 heavy (non-hydrogen) atoms. The van der Waals surface area contributed by atoms with E-state index in [1.165, 1.54) is 10.4 Å². The van der Waals surface area contributed by atoms with E-state index < -0.39 is 10.0 Å². The molecule has 4 nitrogen and oxygen atoms in total. The standard InChI is InChI=1S/C12H17ClN2O2S.ClH/c1-9(14)10-6-7-15(8-10)18(16,17)12-5-3-2-4-11(12)13;/h2-5,9-10H,6-8,14H2,1H3;1H. The van der Waals surface area contributed by atoms with Gasteiger partial charge in [-0.3, -0.25) is 0 Å². The van der Waals surface area contributed by atoms with E-state index in [1.54, 1.807) is 18.2 Å². The van der Waals surface area contributed by atoms with Gasteiger partial charge >= 0.3 is 0 Å². The number of rotatable bonds is 3. The maximum absolute atomic E-state index is 12.4. The van der Waals surface area contributed by atoms with Crippen molar-refractivity contribution < 1.29 is 8.42 Å². The first kappa shape index (κ1) is 16.7. The number of hydrogen-bond acceptors (Lipinski definition) is 3. The first-order chi connectivity index (χ1) is 8.43. The van der Waals surface area contributed by atoms with Gasteiger partial charge in [0.15, 0.2) is 0 Å². The van der Waals surface area contributed by atoms with Crippen molar-refractivity contribution in [1.82, 2.24) is 4.31 Å². The summed E-state index contributed by atoms with van der Waals surface area (Å²) >= 11 is 5.96. The Kier molecular flexibility index (Phi) is 5.65. The van der Waals surface area contributed by atoms with Gasteiger partial charge in [-0.25, -0.2) is 8.42 Å². The molecule has 0 saturated carbocycles. The summed E-state index contributed by atoms with van der Waals surface area (Å²) in [6, 6.07) is 6.54. The summed E-state index contributed by atoms with van der Waals surface area (Å²) in [5, 5.41) is 0.266. The van der Waals surface area contributed by atoms with E-state index in [0.717, 1.165) is 6.42 Å². The van der Waals surface area contributed by atoms with Crippen LogP contribution in [0.25, 0.3) is 0 Å². The topological polar surface area (TPSA) is 63.4 Å². The lowest BCUT2D eigenvalue weighted by Crippen LogP contribution is -2.33. The minimum atomic E-state index is -3.49. The molecule has 0 bridgehead atoms. The number of halogens is 2. The van der Waals surface area contributed by atoms with Crippen molar-refractivity contribution in [1.29, 1.82) is 0 Å². The molecule has 7 heteroatoms. The molecular formula is C12H18Cl2N2O2S. The van der Waals surface area contributed by atoms with Crippen LogP contribution < -0.4 is 5.73 Å². The molecule has 1 aliphatic rings. The Bertz CT molecular complexity index is 534. The zero-order valence-electron chi connectivity index (χ0n) is 10.6. The van der Waals surface area contributed by atoms with Crippen molar-refractivity contribution in [3.63, 3.8) is 0 Å². The average Bonchev–Trinajstić information content (AvgIpc) is 2.79. The Morgan fingerprint density at radius 3 is 2.58 bits per heavy atom. The minimum Gasteiger partial charge on any atom is -0.328 e. The normalized spacial score (nSPS) is 21.9. The molecule has 1 aromatic rings. The molecule has 1 aliphatic heterocycles. The van der Waals surface area contributed by atoms with Gasteiger partial charge in [-0.1, -0.05) is 23.7 Å². The zero-order valence-corrected chi connectivity index (χ0v) is 13.0. The Hall–Kier alpha value is -0.330. The summed E-state index contributed by atoms with van der Waals surface area (Å²) in [5.74, 6) is 0.224. The quantitative estimate of drug-likeness (QED) is 0.926. The van der Waals surface area contributed by atoms with Crippen molar-refractivity contribution in [3.8, 4) is 0 Å². The molecule has 2 rings (SSSR count). The van der Waals surface area contributed by atoms with Gasteiger partial charge in [0.25, 0.3) is 0 Å². The highest BCUT2D eigenvalue weighted by atomic mass is 35.5. The van der Waals surface area contributed by atoms with Gasteiger partial charge in [0.1, 0.15) is 4.90 Å². The lowest BCUT2D eigenvalue weighted by molar-refractivity contribution is 0.429. The first-order valence-corrected chi connectivity index (χ1v) is 7.75. The predicted molar refractivity (Wildman–Crippen MR) is 79.2 cm³/mol. The number of nitrogens with zero attached hydrogens (tertiary/aromatic N) is 1. The van der Waals surface area contributed by atoms with Gasteiger partial charge in [0, 0.05) is 19.1 Å².